The zero-order valence-corrected chi connectivity index (χ0v) is 13.6. The molecule has 2 aromatic rings. The van der Waals surface area contributed by atoms with Crippen LogP contribution in [-0.4, -0.2) is 43.8 Å². The molecule has 0 unspecified atom stereocenters. The van der Waals surface area contributed by atoms with Crippen molar-refractivity contribution in [2.75, 3.05) is 19.5 Å². The Morgan fingerprint density at radius 2 is 2.00 bits per heavy atom. The fourth-order valence-corrected chi connectivity index (χ4v) is 1.87. The highest BCUT2D eigenvalue weighted by Crippen LogP contribution is 2.17. The summed E-state index contributed by atoms with van der Waals surface area (Å²) in [6.45, 7) is 1.95. The van der Waals surface area contributed by atoms with Crippen molar-refractivity contribution < 1.29 is 21.9 Å². The largest absolute Gasteiger partial charge is 0.415 e. The lowest BCUT2D eigenvalue weighted by molar-refractivity contribution is 0.143. The summed E-state index contributed by atoms with van der Waals surface area (Å²) in [4.78, 5) is 5.06. The topological polar surface area (TPSA) is 104 Å². The van der Waals surface area contributed by atoms with Gasteiger partial charge in [-0.2, -0.15) is 8.42 Å². The van der Waals surface area contributed by atoms with E-state index in [1.54, 1.807) is 0 Å². The van der Waals surface area contributed by atoms with Crippen LogP contribution in [0.3, 0.4) is 0 Å². The van der Waals surface area contributed by atoms with E-state index >= 15 is 0 Å². The van der Waals surface area contributed by atoms with E-state index in [2.05, 4.69) is 15.4 Å². The summed E-state index contributed by atoms with van der Waals surface area (Å²) in [5, 5.41) is 11.6. The van der Waals surface area contributed by atoms with Gasteiger partial charge in [-0.05, 0) is 18.6 Å². The van der Waals surface area contributed by atoms with Gasteiger partial charge in [-0.25, -0.2) is 0 Å². The molecule has 1 aromatic carbocycles. The predicted octanol–water partition coefficient (Wildman–Crippen LogP) is 1.84. The molecule has 0 fully saturated rings. The van der Waals surface area contributed by atoms with Gasteiger partial charge in [-0.1, -0.05) is 30.3 Å². The molecule has 0 aliphatic rings. The second-order valence-electron chi connectivity index (χ2n) is 4.62. The van der Waals surface area contributed by atoms with Crippen molar-refractivity contribution in [1.82, 2.24) is 10.2 Å². The van der Waals surface area contributed by atoms with Crippen LogP contribution in [0.15, 0.2) is 39.9 Å². The zero-order valence-electron chi connectivity index (χ0n) is 12.8. The number of hydrogen-bond acceptors (Lipinski definition) is 8. The number of hydrogen-bond donors (Lipinski definition) is 0. The van der Waals surface area contributed by atoms with Gasteiger partial charge in [-0.3, -0.25) is 4.18 Å². The van der Waals surface area contributed by atoms with Crippen molar-refractivity contribution in [3.05, 3.63) is 36.2 Å². The van der Waals surface area contributed by atoms with Crippen LogP contribution in [0.4, 0.5) is 0 Å². The van der Waals surface area contributed by atoms with Crippen molar-refractivity contribution in [3.63, 3.8) is 0 Å². The Bertz CT molecular complexity index is 756. The lowest BCUT2D eigenvalue weighted by Crippen LogP contribution is -2.15. The minimum absolute atomic E-state index is 0.0450. The fourth-order valence-electron chi connectivity index (χ4n) is 1.54. The highest BCUT2D eigenvalue weighted by Gasteiger charge is 2.17. The first-order valence-corrected chi connectivity index (χ1v) is 8.74. The Hall–Kier alpha value is -2.26. The van der Waals surface area contributed by atoms with Crippen molar-refractivity contribution in [1.29, 1.82) is 0 Å². The van der Waals surface area contributed by atoms with Crippen molar-refractivity contribution in [3.8, 4) is 11.5 Å². The van der Waals surface area contributed by atoms with Crippen LogP contribution in [0.1, 0.15) is 19.2 Å². The summed E-state index contributed by atoms with van der Waals surface area (Å²) in [5.41, 5.74) is 0.850. The Balaban J connectivity index is 2.21. The summed E-state index contributed by atoms with van der Waals surface area (Å²) in [7, 11) is -3.63. The average molecular weight is 339 g/mol. The second-order valence-corrected chi connectivity index (χ2v) is 6.26. The zero-order chi connectivity index (χ0) is 16.7. The van der Waals surface area contributed by atoms with Gasteiger partial charge in [0, 0.05) is 5.56 Å². The molecule has 0 aliphatic heterocycles. The molecule has 0 saturated carbocycles. The van der Waals surface area contributed by atoms with E-state index in [9.17, 15) is 8.42 Å². The quantitative estimate of drug-likeness (QED) is 0.313. The van der Waals surface area contributed by atoms with Gasteiger partial charge in [0.25, 0.3) is 16.0 Å². The van der Waals surface area contributed by atoms with E-state index in [4.69, 9.17) is 13.4 Å². The third-order valence-corrected chi connectivity index (χ3v) is 3.12. The van der Waals surface area contributed by atoms with Crippen molar-refractivity contribution >= 4 is 15.8 Å². The van der Waals surface area contributed by atoms with Crippen LogP contribution in [0.5, 0.6) is 0 Å². The van der Waals surface area contributed by atoms with Gasteiger partial charge >= 0.3 is 0 Å². The molecule has 0 radical (unpaired) electrons. The Morgan fingerprint density at radius 3 is 2.65 bits per heavy atom. The van der Waals surface area contributed by atoms with E-state index in [0.29, 0.717) is 12.5 Å². The molecule has 0 atom stereocenters. The summed E-state index contributed by atoms with van der Waals surface area (Å²) in [6.07, 6.45) is 1.70. The Kier molecular flexibility index (Phi) is 5.83. The molecule has 23 heavy (non-hydrogen) atoms. The normalized spacial score (nSPS) is 12.3. The van der Waals surface area contributed by atoms with Gasteiger partial charge < -0.3 is 9.25 Å². The molecule has 0 bridgehead atoms. The SMILES string of the molecule is CCCON=C(COS(C)(=O)=O)c1nnc(-c2ccccc2)o1. The molecule has 9 heteroatoms. The molecule has 1 aromatic heterocycles. The third kappa shape index (κ3) is 5.46. The number of oxime groups is 1. The molecular weight excluding hydrogens is 322 g/mol. The summed E-state index contributed by atoms with van der Waals surface area (Å²) < 4.78 is 32.5. The molecular formula is C14H17N3O5S. The van der Waals surface area contributed by atoms with Crippen LogP contribution >= 0.6 is 0 Å². The fraction of sp³-hybridized carbons (Fsp3) is 0.357. The summed E-state index contributed by atoms with van der Waals surface area (Å²) in [5.74, 6) is 0.340. The number of rotatable bonds is 8. The van der Waals surface area contributed by atoms with Gasteiger partial charge in [-0.15, -0.1) is 10.2 Å². The first-order valence-electron chi connectivity index (χ1n) is 6.92. The van der Waals surface area contributed by atoms with Crippen LogP contribution in [0, 0.1) is 0 Å². The summed E-state index contributed by atoms with van der Waals surface area (Å²) >= 11 is 0. The summed E-state index contributed by atoms with van der Waals surface area (Å²) in [6, 6.07) is 9.17. The van der Waals surface area contributed by atoms with E-state index in [1.165, 1.54) is 0 Å². The first kappa shape index (κ1) is 17.1. The number of aromatic nitrogens is 2. The molecule has 124 valence electrons. The Labute approximate surface area is 134 Å². The van der Waals surface area contributed by atoms with Gasteiger partial charge in [0.1, 0.15) is 13.2 Å². The molecule has 2 rings (SSSR count). The molecule has 1 heterocycles. The van der Waals surface area contributed by atoms with Gasteiger partial charge in [0.15, 0.2) is 5.71 Å². The first-order chi connectivity index (χ1) is 11.0. The minimum Gasteiger partial charge on any atom is -0.415 e. The average Bonchev–Trinajstić information content (AvgIpc) is 3.00. The van der Waals surface area contributed by atoms with Crippen LogP contribution in [0.2, 0.25) is 0 Å². The lowest BCUT2D eigenvalue weighted by atomic mass is 10.2. The Morgan fingerprint density at radius 1 is 1.26 bits per heavy atom. The second kappa shape index (κ2) is 7.84. The minimum atomic E-state index is -3.63. The van der Waals surface area contributed by atoms with Gasteiger partial charge in [0.05, 0.1) is 6.26 Å². The highest BCUT2D eigenvalue weighted by atomic mass is 32.2. The number of benzene rings is 1. The van der Waals surface area contributed by atoms with Crippen LogP contribution in [0.25, 0.3) is 11.5 Å². The van der Waals surface area contributed by atoms with E-state index in [-0.39, 0.29) is 18.2 Å². The molecule has 0 amide bonds. The monoisotopic (exact) mass is 339 g/mol. The standard InChI is InChI=1S/C14H17N3O5S/c1-3-9-20-17-12(10-21-23(2,18)19)14-16-15-13(22-14)11-7-5-4-6-8-11/h4-8H,3,9-10H2,1-2H3. The van der Waals surface area contributed by atoms with Crippen molar-refractivity contribution in [2.45, 2.75) is 13.3 Å². The highest BCUT2D eigenvalue weighted by molar-refractivity contribution is 7.86. The van der Waals surface area contributed by atoms with Gasteiger partial charge in [0.2, 0.25) is 5.89 Å². The third-order valence-electron chi connectivity index (χ3n) is 2.57. The van der Waals surface area contributed by atoms with Crippen LogP contribution in [-0.2, 0) is 19.1 Å². The number of nitrogens with zero attached hydrogens (tertiary/aromatic N) is 3. The predicted molar refractivity (Wildman–Crippen MR) is 83.3 cm³/mol. The van der Waals surface area contributed by atoms with E-state index in [1.807, 2.05) is 37.3 Å². The molecule has 0 spiro atoms. The van der Waals surface area contributed by atoms with Crippen LogP contribution < -0.4 is 0 Å². The van der Waals surface area contributed by atoms with Crippen molar-refractivity contribution in [2.24, 2.45) is 5.16 Å². The molecule has 0 aliphatic carbocycles. The molecule has 0 saturated heterocycles. The molecule has 8 nitrogen and oxygen atoms in total. The molecule has 0 N–H and O–H groups in total. The lowest BCUT2D eigenvalue weighted by Gasteiger charge is -2.02. The van der Waals surface area contributed by atoms with E-state index in [0.717, 1.165) is 18.2 Å². The maximum Gasteiger partial charge on any atom is 0.268 e. The van der Waals surface area contributed by atoms with E-state index < -0.39 is 10.1 Å². The maximum absolute atomic E-state index is 11.1. The maximum atomic E-state index is 11.1. The smallest absolute Gasteiger partial charge is 0.268 e.